The summed E-state index contributed by atoms with van der Waals surface area (Å²) in [7, 11) is 1.92. The van der Waals surface area contributed by atoms with Gasteiger partial charge in [0, 0.05) is 6.20 Å². The largest absolute Gasteiger partial charge is 0.390 e. The second-order valence-electron chi connectivity index (χ2n) is 2.67. The average Bonchev–Trinajstić information content (AvgIpc) is 2.15. The van der Waals surface area contributed by atoms with Gasteiger partial charge in [0.05, 0.1) is 12.3 Å². The van der Waals surface area contributed by atoms with Crippen LogP contribution in [-0.2, 0) is 13.0 Å². The van der Waals surface area contributed by atoms with Crippen LogP contribution in [0.4, 0.5) is 0 Å². The standard InChI is InChI=1S/C9H14N2O/c1-10-4-2-8-3-5-11-9(6-8)7-12/h3,5-6,10,12H,2,4,7H2,1H3. The summed E-state index contributed by atoms with van der Waals surface area (Å²) >= 11 is 0. The smallest absolute Gasteiger partial charge is 0.0853 e. The molecular weight excluding hydrogens is 152 g/mol. The lowest BCUT2D eigenvalue weighted by molar-refractivity contribution is 0.276. The van der Waals surface area contributed by atoms with Crippen molar-refractivity contribution in [2.45, 2.75) is 13.0 Å². The fraction of sp³-hybridized carbons (Fsp3) is 0.444. The molecule has 66 valence electrons. The van der Waals surface area contributed by atoms with Gasteiger partial charge in [-0.1, -0.05) is 0 Å². The first-order valence-corrected chi connectivity index (χ1v) is 4.06. The summed E-state index contributed by atoms with van der Waals surface area (Å²) < 4.78 is 0. The van der Waals surface area contributed by atoms with E-state index in [1.807, 2.05) is 19.2 Å². The Morgan fingerprint density at radius 3 is 3.08 bits per heavy atom. The molecule has 0 aliphatic carbocycles. The van der Waals surface area contributed by atoms with Crippen LogP contribution >= 0.6 is 0 Å². The maximum absolute atomic E-state index is 8.81. The SMILES string of the molecule is CNCCc1ccnc(CO)c1. The summed E-state index contributed by atoms with van der Waals surface area (Å²) in [6, 6.07) is 3.90. The lowest BCUT2D eigenvalue weighted by Crippen LogP contribution is -2.10. The van der Waals surface area contributed by atoms with Crippen LogP contribution < -0.4 is 5.32 Å². The Kier molecular flexibility index (Phi) is 3.70. The molecule has 12 heavy (non-hydrogen) atoms. The van der Waals surface area contributed by atoms with Gasteiger partial charge in [-0.2, -0.15) is 0 Å². The number of aliphatic hydroxyl groups excluding tert-OH is 1. The van der Waals surface area contributed by atoms with Crippen molar-refractivity contribution in [3.05, 3.63) is 29.6 Å². The molecule has 0 saturated heterocycles. The number of nitrogens with one attached hydrogen (secondary N) is 1. The van der Waals surface area contributed by atoms with Gasteiger partial charge in [0.15, 0.2) is 0 Å². The van der Waals surface area contributed by atoms with Crippen LogP contribution in [0, 0.1) is 0 Å². The average molecular weight is 166 g/mol. The predicted molar refractivity (Wildman–Crippen MR) is 47.8 cm³/mol. The molecule has 0 saturated carbocycles. The van der Waals surface area contributed by atoms with Gasteiger partial charge in [-0.3, -0.25) is 4.98 Å². The van der Waals surface area contributed by atoms with Gasteiger partial charge in [-0.25, -0.2) is 0 Å². The highest BCUT2D eigenvalue weighted by Gasteiger charge is 1.94. The fourth-order valence-corrected chi connectivity index (χ4v) is 1.04. The lowest BCUT2D eigenvalue weighted by Gasteiger charge is -2.01. The molecule has 0 atom stereocenters. The summed E-state index contributed by atoms with van der Waals surface area (Å²) in [6.07, 6.45) is 2.71. The molecular formula is C9H14N2O. The van der Waals surface area contributed by atoms with E-state index in [2.05, 4.69) is 10.3 Å². The Bertz CT molecular complexity index is 238. The molecule has 0 spiro atoms. The van der Waals surface area contributed by atoms with Crippen molar-refractivity contribution < 1.29 is 5.11 Å². The molecule has 0 bridgehead atoms. The zero-order valence-corrected chi connectivity index (χ0v) is 7.25. The van der Waals surface area contributed by atoms with Gasteiger partial charge in [0.1, 0.15) is 0 Å². The van der Waals surface area contributed by atoms with Crippen molar-refractivity contribution in [3.8, 4) is 0 Å². The Hall–Kier alpha value is -0.930. The monoisotopic (exact) mass is 166 g/mol. The first-order valence-electron chi connectivity index (χ1n) is 4.06. The van der Waals surface area contributed by atoms with Crippen molar-refractivity contribution in [2.75, 3.05) is 13.6 Å². The fourth-order valence-electron chi connectivity index (χ4n) is 1.04. The van der Waals surface area contributed by atoms with E-state index in [-0.39, 0.29) is 6.61 Å². The first kappa shape index (κ1) is 9.16. The summed E-state index contributed by atoms with van der Waals surface area (Å²) in [5.74, 6) is 0. The third-order valence-corrected chi connectivity index (χ3v) is 1.71. The van der Waals surface area contributed by atoms with Crippen molar-refractivity contribution >= 4 is 0 Å². The molecule has 0 aliphatic heterocycles. The topological polar surface area (TPSA) is 45.2 Å². The highest BCUT2D eigenvalue weighted by atomic mass is 16.3. The van der Waals surface area contributed by atoms with E-state index in [0.29, 0.717) is 0 Å². The molecule has 2 N–H and O–H groups in total. The molecule has 1 heterocycles. The van der Waals surface area contributed by atoms with Crippen molar-refractivity contribution in [1.82, 2.24) is 10.3 Å². The number of aromatic nitrogens is 1. The molecule has 0 aromatic carbocycles. The van der Waals surface area contributed by atoms with Crippen LogP contribution in [0.2, 0.25) is 0 Å². The number of hydrogen-bond donors (Lipinski definition) is 2. The maximum atomic E-state index is 8.81. The molecule has 1 rings (SSSR count). The second kappa shape index (κ2) is 4.85. The molecule has 0 radical (unpaired) electrons. The summed E-state index contributed by atoms with van der Waals surface area (Å²) in [4.78, 5) is 4.00. The number of rotatable bonds is 4. The molecule has 0 fully saturated rings. The van der Waals surface area contributed by atoms with Gasteiger partial charge in [-0.05, 0) is 37.7 Å². The van der Waals surface area contributed by atoms with Crippen LogP contribution in [0.1, 0.15) is 11.3 Å². The van der Waals surface area contributed by atoms with E-state index in [4.69, 9.17) is 5.11 Å². The number of likely N-dealkylation sites (N-methyl/N-ethyl adjacent to an activating group) is 1. The Balaban J connectivity index is 2.60. The van der Waals surface area contributed by atoms with E-state index >= 15 is 0 Å². The van der Waals surface area contributed by atoms with E-state index < -0.39 is 0 Å². The van der Waals surface area contributed by atoms with Crippen LogP contribution in [0.5, 0.6) is 0 Å². The minimum absolute atomic E-state index is 0.0212. The van der Waals surface area contributed by atoms with Crippen LogP contribution in [0.15, 0.2) is 18.3 Å². The van der Waals surface area contributed by atoms with Crippen LogP contribution in [0.25, 0.3) is 0 Å². The molecule has 0 amide bonds. The summed E-state index contributed by atoms with van der Waals surface area (Å²) in [5.41, 5.74) is 1.95. The third kappa shape index (κ3) is 2.60. The lowest BCUT2D eigenvalue weighted by atomic mass is 10.2. The summed E-state index contributed by atoms with van der Waals surface area (Å²) in [5, 5.41) is 11.9. The zero-order valence-electron chi connectivity index (χ0n) is 7.25. The van der Waals surface area contributed by atoms with Crippen molar-refractivity contribution in [2.24, 2.45) is 0 Å². The molecule has 0 unspecified atom stereocenters. The van der Waals surface area contributed by atoms with Crippen LogP contribution in [0.3, 0.4) is 0 Å². The normalized spacial score (nSPS) is 10.2. The summed E-state index contributed by atoms with van der Waals surface area (Å²) in [6.45, 7) is 0.974. The Labute approximate surface area is 72.5 Å². The van der Waals surface area contributed by atoms with Gasteiger partial charge in [0.25, 0.3) is 0 Å². The Morgan fingerprint density at radius 2 is 2.42 bits per heavy atom. The molecule has 3 nitrogen and oxygen atoms in total. The van der Waals surface area contributed by atoms with E-state index in [1.165, 1.54) is 5.56 Å². The van der Waals surface area contributed by atoms with E-state index in [1.54, 1.807) is 6.20 Å². The van der Waals surface area contributed by atoms with Crippen molar-refractivity contribution in [1.29, 1.82) is 0 Å². The van der Waals surface area contributed by atoms with Crippen LogP contribution in [-0.4, -0.2) is 23.7 Å². The number of nitrogens with zero attached hydrogens (tertiary/aromatic N) is 1. The minimum atomic E-state index is 0.0212. The maximum Gasteiger partial charge on any atom is 0.0853 e. The Morgan fingerprint density at radius 1 is 1.58 bits per heavy atom. The molecule has 0 aliphatic rings. The zero-order chi connectivity index (χ0) is 8.81. The van der Waals surface area contributed by atoms with E-state index in [0.717, 1.165) is 18.7 Å². The van der Waals surface area contributed by atoms with Gasteiger partial charge in [0.2, 0.25) is 0 Å². The van der Waals surface area contributed by atoms with Gasteiger partial charge in [-0.15, -0.1) is 0 Å². The van der Waals surface area contributed by atoms with Gasteiger partial charge < -0.3 is 10.4 Å². The number of pyridine rings is 1. The highest BCUT2D eigenvalue weighted by Crippen LogP contribution is 2.01. The molecule has 1 aromatic heterocycles. The quantitative estimate of drug-likeness (QED) is 0.677. The van der Waals surface area contributed by atoms with E-state index in [9.17, 15) is 0 Å². The third-order valence-electron chi connectivity index (χ3n) is 1.71. The number of hydrogen-bond acceptors (Lipinski definition) is 3. The number of aliphatic hydroxyl groups is 1. The molecule has 1 aromatic rings. The highest BCUT2D eigenvalue weighted by molar-refractivity contribution is 5.16. The van der Waals surface area contributed by atoms with Crippen molar-refractivity contribution in [3.63, 3.8) is 0 Å². The minimum Gasteiger partial charge on any atom is -0.390 e. The predicted octanol–water partition coefficient (Wildman–Crippen LogP) is 0.336. The second-order valence-corrected chi connectivity index (χ2v) is 2.67. The first-order chi connectivity index (χ1) is 5.86. The van der Waals surface area contributed by atoms with Gasteiger partial charge >= 0.3 is 0 Å². The molecule has 3 heteroatoms.